The third-order valence-corrected chi connectivity index (χ3v) is 4.73. The number of aromatic nitrogens is 1. The number of nitrogens with two attached hydrogens (primary N) is 1. The van der Waals surface area contributed by atoms with Gasteiger partial charge in [0.2, 0.25) is 0 Å². The van der Waals surface area contributed by atoms with Crippen molar-refractivity contribution in [3.63, 3.8) is 0 Å². The van der Waals surface area contributed by atoms with Crippen molar-refractivity contribution in [2.75, 3.05) is 6.54 Å². The Kier molecular flexibility index (Phi) is 5.10. The van der Waals surface area contributed by atoms with Crippen LogP contribution in [0.3, 0.4) is 0 Å². The fourth-order valence-electron chi connectivity index (χ4n) is 3.68. The monoisotopic (exact) mass is 360 g/mol. The van der Waals surface area contributed by atoms with Gasteiger partial charge in [-0.2, -0.15) is 13.2 Å². The molecule has 2 nitrogen and oxygen atoms in total. The average molecular weight is 360 g/mol. The second-order valence-electron chi connectivity index (χ2n) is 6.77. The van der Waals surface area contributed by atoms with Crippen molar-refractivity contribution in [2.45, 2.75) is 39.3 Å². The Bertz CT molecular complexity index is 923. The normalized spacial score (nSPS) is 12.1. The molecular formula is C21H23F3N2. The molecule has 0 aliphatic carbocycles. The van der Waals surface area contributed by atoms with E-state index in [1.807, 2.05) is 19.9 Å². The molecule has 138 valence electrons. The third kappa shape index (κ3) is 3.49. The van der Waals surface area contributed by atoms with Crippen molar-refractivity contribution in [3.8, 4) is 11.3 Å². The summed E-state index contributed by atoms with van der Waals surface area (Å²) in [6.07, 6.45) is -2.01. The molecule has 0 radical (unpaired) electrons. The van der Waals surface area contributed by atoms with Gasteiger partial charge in [-0.25, -0.2) is 0 Å². The Hall–Kier alpha value is -2.27. The summed E-state index contributed by atoms with van der Waals surface area (Å²) >= 11 is 0. The summed E-state index contributed by atoms with van der Waals surface area (Å²) < 4.78 is 40.6. The van der Waals surface area contributed by atoms with E-state index >= 15 is 0 Å². The van der Waals surface area contributed by atoms with Gasteiger partial charge >= 0.3 is 6.18 Å². The van der Waals surface area contributed by atoms with Gasteiger partial charge in [-0.15, -0.1) is 0 Å². The molecule has 3 aromatic rings. The van der Waals surface area contributed by atoms with Crippen LogP contribution in [-0.2, 0) is 12.6 Å². The molecule has 0 spiro atoms. The number of aromatic amines is 1. The fourth-order valence-corrected chi connectivity index (χ4v) is 3.68. The molecule has 0 aliphatic rings. The van der Waals surface area contributed by atoms with E-state index < -0.39 is 11.7 Å². The summed E-state index contributed by atoms with van der Waals surface area (Å²) in [5.74, 6) is 0. The Morgan fingerprint density at radius 2 is 1.77 bits per heavy atom. The second-order valence-corrected chi connectivity index (χ2v) is 6.77. The number of hydrogen-bond donors (Lipinski definition) is 2. The van der Waals surface area contributed by atoms with Crippen molar-refractivity contribution in [1.82, 2.24) is 4.98 Å². The molecule has 0 unspecified atom stereocenters. The highest BCUT2D eigenvalue weighted by Crippen LogP contribution is 2.40. The van der Waals surface area contributed by atoms with Crippen molar-refractivity contribution in [2.24, 2.45) is 5.73 Å². The van der Waals surface area contributed by atoms with E-state index in [-0.39, 0.29) is 5.56 Å². The van der Waals surface area contributed by atoms with Crippen molar-refractivity contribution in [3.05, 3.63) is 58.7 Å². The maximum Gasteiger partial charge on any atom is 0.417 e. The lowest BCUT2D eigenvalue weighted by Gasteiger charge is -2.13. The molecular weight excluding hydrogens is 337 g/mol. The highest BCUT2D eigenvalue weighted by molar-refractivity contribution is 5.94. The summed E-state index contributed by atoms with van der Waals surface area (Å²) in [6.45, 7) is 4.58. The topological polar surface area (TPSA) is 41.8 Å². The fraction of sp³-hybridized carbons (Fsp3) is 0.333. The maximum absolute atomic E-state index is 13.5. The van der Waals surface area contributed by atoms with Crippen LogP contribution in [0.25, 0.3) is 22.2 Å². The molecule has 0 amide bonds. The van der Waals surface area contributed by atoms with Gasteiger partial charge in [-0.05, 0) is 68.5 Å². The number of benzene rings is 2. The Labute approximate surface area is 151 Å². The molecule has 26 heavy (non-hydrogen) atoms. The van der Waals surface area contributed by atoms with Crippen molar-refractivity contribution >= 4 is 10.9 Å². The minimum Gasteiger partial charge on any atom is -0.354 e. The van der Waals surface area contributed by atoms with E-state index in [2.05, 4.69) is 11.1 Å². The first-order valence-corrected chi connectivity index (χ1v) is 8.81. The Morgan fingerprint density at radius 3 is 2.46 bits per heavy atom. The van der Waals surface area contributed by atoms with Crippen molar-refractivity contribution in [1.29, 1.82) is 0 Å². The average Bonchev–Trinajstić information content (AvgIpc) is 2.93. The molecule has 0 saturated heterocycles. The molecule has 1 heterocycles. The van der Waals surface area contributed by atoms with E-state index in [0.29, 0.717) is 18.7 Å². The predicted octanol–water partition coefficient (Wildman–Crippen LogP) is 5.75. The van der Waals surface area contributed by atoms with E-state index in [1.165, 1.54) is 6.07 Å². The lowest BCUT2D eigenvalue weighted by molar-refractivity contribution is -0.137. The molecule has 3 N–H and O–H groups in total. The number of unbranched alkanes of at least 4 members (excludes halogenated alkanes) is 1. The van der Waals surface area contributed by atoms with Gasteiger partial charge < -0.3 is 10.7 Å². The van der Waals surface area contributed by atoms with E-state index in [0.717, 1.165) is 46.5 Å². The number of alkyl halides is 3. The first kappa shape index (κ1) is 18.5. The summed E-state index contributed by atoms with van der Waals surface area (Å²) in [7, 11) is 0. The summed E-state index contributed by atoms with van der Waals surface area (Å²) in [4.78, 5) is 3.27. The Morgan fingerprint density at radius 1 is 1.04 bits per heavy atom. The first-order valence-electron chi connectivity index (χ1n) is 8.81. The molecule has 1 aromatic heterocycles. The molecule has 3 rings (SSSR count). The highest BCUT2D eigenvalue weighted by Gasteiger charge is 2.34. The third-order valence-electron chi connectivity index (χ3n) is 4.73. The van der Waals surface area contributed by atoms with Crippen molar-refractivity contribution < 1.29 is 13.2 Å². The van der Waals surface area contributed by atoms with Crippen LogP contribution >= 0.6 is 0 Å². The van der Waals surface area contributed by atoms with Crippen LogP contribution < -0.4 is 5.73 Å². The van der Waals surface area contributed by atoms with Gasteiger partial charge in [0.25, 0.3) is 0 Å². The molecule has 2 aromatic carbocycles. The van der Waals surface area contributed by atoms with Gasteiger partial charge in [-0.1, -0.05) is 24.3 Å². The zero-order valence-corrected chi connectivity index (χ0v) is 15.0. The molecule has 0 bridgehead atoms. The van der Waals surface area contributed by atoms with E-state index in [9.17, 15) is 13.2 Å². The van der Waals surface area contributed by atoms with E-state index in [1.54, 1.807) is 12.1 Å². The second kappa shape index (κ2) is 7.16. The lowest BCUT2D eigenvalue weighted by Crippen LogP contribution is -2.07. The van der Waals surface area contributed by atoms with Gasteiger partial charge in [0.1, 0.15) is 0 Å². The summed E-state index contributed by atoms with van der Waals surface area (Å²) in [5, 5.41) is 1.03. The molecule has 0 atom stereocenters. The number of aryl methyl sites for hydroxylation is 3. The quantitative estimate of drug-likeness (QED) is 0.559. The number of rotatable bonds is 5. The van der Waals surface area contributed by atoms with Gasteiger partial charge in [0, 0.05) is 16.5 Å². The van der Waals surface area contributed by atoms with E-state index in [4.69, 9.17) is 5.73 Å². The lowest BCUT2D eigenvalue weighted by atomic mass is 9.95. The largest absolute Gasteiger partial charge is 0.417 e. The zero-order valence-electron chi connectivity index (χ0n) is 15.0. The molecule has 0 fully saturated rings. The molecule has 0 aliphatic heterocycles. The minimum atomic E-state index is -4.40. The first-order chi connectivity index (χ1) is 12.3. The number of H-pyrrole nitrogens is 1. The number of hydrogen-bond acceptors (Lipinski definition) is 1. The predicted molar refractivity (Wildman–Crippen MR) is 100 cm³/mol. The van der Waals surface area contributed by atoms with Crippen LogP contribution in [0.2, 0.25) is 0 Å². The Balaban J connectivity index is 2.26. The number of nitrogens with one attached hydrogen (secondary N) is 1. The maximum atomic E-state index is 13.5. The van der Waals surface area contributed by atoms with Gasteiger partial charge in [-0.3, -0.25) is 0 Å². The van der Waals surface area contributed by atoms with Gasteiger partial charge in [0.15, 0.2) is 0 Å². The molecule has 0 saturated carbocycles. The van der Waals surface area contributed by atoms with Crippen LogP contribution in [0.15, 0.2) is 36.4 Å². The van der Waals surface area contributed by atoms with Crippen LogP contribution in [0.1, 0.15) is 35.1 Å². The van der Waals surface area contributed by atoms with Crippen LogP contribution in [0.5, 0.6) is 0 Å². The van der Waals surface area contributed by atoms with Crippen LogP contribution in [0.4, 0.5) is 13.2 Å². The smallest absolute Gasteiger partial charge is 0.354 e. The number of halogens is 3. The highest BCUT2D eigenvalue weighted by atomic mass is 19.4. The zero-order chi connectivity index (χ0) is 18.9. The molecule has 5 heteroatoms. The standard InChI is InChI=1S/C21H23F3N2/c1-13-11-14(2)19-16(8-5-6-10-25)20(26-18(19)12-13)15-7-3-4-9-17(15)21(22,23)24/h3-4,7,9,11-12,26H,5-6,8,10,25H2,1-2H3. The summed E-state index contributed by atoms with van der Waals surface area (Å²) in [6, 6.07) is 9.83. The van der Waals surface area contributed by atoms with Crippen LogP contribution in [-0.4, -0.2) is 11.5 Å². The van der Waals surface area contributed by atoms with Gasteiger partial charge in [0.05, 0.1) is 11.3 Å². The number of fused-ring (bicyclic) bond motifs is 1. The van der Waals surface area contributed by atoms with Crippen LogP contribution in [0, 0.1) is 13.8 Å². The summed E-state index contributed by atoms with van der Waals surface area (Å²) in [5.41, 5.74) is 9.76. The SMILES string of the molecule is Cc1cc(C)c2c(CCCCN)c(-c3ccccc3C(F)(F)F)[nH]c2c1. The minimum absolute atomic E-state index is 0.205.